The zero-order chi connectivity index (χ0) is 10.8. The summed E-state index contributed by atoms with van der Waals surface area (Å²) < 4.78 is 5.45. The van der Waals surface area contributed by atoms with E-state index >= 15 is 0 Å². The molecular weight excluding hydrogens is 196 g/mol. The Morgan fingerprint density at radius 1 is 1.60 bits per heavy atom. The van der Waals surface area contributed by atoms with Gasteiger partial charge in [0.1, 0.15) is 6.23 Å². The molecule has 1 heterocycles. The van der Waals surface area contributed by atoms with Crippen molar-refractivity contribution in [2.75, 3.05) is 6.61 Å². The molecule has 2 unspecified atom stereocenters. The van der Waals surface area contributed by atoms with Gasteiger partial charge in [0.05, 0.1) is 11.5 Å². The largest absolute Gasteiger partial charge is 0.357 e. The number of nitro groups is 1. The molecule has 0 aliphatic carbocycles. The molecule has 2 rings (SSSR count). The lowest BCUT2D eigenvalue weighted by molar-refractivity contribution is -0.385. The lowest BCUT2D eigenvalue weighted by Crippen LogP contribution is -2.22. The molecular formula is C10H12N2O3. The van der Waals surface area contributed by atoms with Crippen molar-refractivity contribution in [2.45, 2.75) is 19.2 Å². The van der Waals surface area contributed by atoms with Crippen molar-refractivity contribution < 1.29 is 9.66 Å². The molecule has 1 saturated heterocycles. The summed E-state index contributed by atoms with van der Waals surface area (Å²) in [4.78, 5) is 10.2. The first-order valence-electron chi connectivity index (χ1n) is 4.79. The van der Waals surface area contributed by atoms with Gasteiger partial charge in [-0.1, -0.05) is 12.1 Å². The highest BCUT2D eigenvalue weighted by atomic mass is 16.6. The third kappa shape index (κ3) is 2.14. The van der Waals surface area contributed by atoms with Crippen LogP contribution in [0.3, 0.4) is 0 Å². The molecule has 0 aromatic heterocycles. The molecule has 1 aliphatic heterocycles. The van der Waals surface area contributed by atoms with E-state index in [1.807, 2.05) is 13.0 Å². The van der Waals surface area contributed by atoms with Crippen molar-refractivity contribution in [1.82, 2.24) is 5.32 Å². The van der Waals surface area contributed by atoms with E-state index in [0.29, 0.717) is 6.61 Å². The molecule has 0 bridgehead atoms. The number of ether oxygens (including phenoxy) is 1. The number of non-ortho nitro benzene ring substituents is 1. The van der Waals surface area contributed by atoms with Crippen LogP contribution in [0.2, 0.25) is 0 Å². The Labute approximate surface area is 87.2 Å². The van der Waals surface area contributed by atoms with Crippen LogP contribution in [0, 0.1) is 10.1 Å². The Morgan fingerprint density at radius 2 is 2.40 bits per heavy atom. The van der Waals surface area contributed by atoms with Crippen molar-refractivity contribution in [3.8, 4) is 0 Å². The third-order valence-corrected chi connectivity index (χ3v) is 2.33. The predicted molar refractivity (Wildman–Crippen MR) is 54.4 cm³/mol. The summed E-state index contributed by atoms with van der Waals surface area (Å²) in [5.74, 6) is 0. The second-order valence-electron chi connectivity index (χ2n) is 3.63. The van der Waals surface area contributed by atoms with Crippen molar-refractivity contribution >= 4 is 5.69 Å². The second kappa shape index (κ2) is 3.96. The zero-order valence-electron chi connectivity index (χ0n) is 8.34. The van der Waals surface area contributed by atoms with Crippen molar-refractivity contribution in [3.63, 3.8) is 0 Å². The van der Waals surface area contributed by atoms with E-state index in [-0.39, 0.29) is 18.0 Å². The number of nitrogens with one attached hydrogen (secondary N) is 1. The van der Waals surface area contributed by atoms with Gasteiger partial charge in [0.2, 0.25) is 0 Å². The summed E-state index contributed by atoms with van der Waals surface area (Å²) in [7, 11) is 0. The van der Waals surface area contributed by atoms with E-state index in [1.165, 1.54) is 12.1 Å². The molecule has 1 aliphatic rings. The molecule has 1 aromatic rings. The number of nitro benzene ring substituents is 1. The molecule has 1 fully saturated rings. The third-order valence-electron chi connectivity index (χ3n) is 2.33. The van der Waals surface area contributed by atoms with E-state index in [2.05, 4.69) is 5.32 Å². The summed E-state index contributed by atoms with van der Waals surface area (Å²) in [6, 6.07) is 6.79. The summed E-state index contributed by atoms with van der Waals surface area (Å²) in [5.41, 5.74) is 0.894. The maximum absolute atomic E-state index is 10.6. The van der Waals surface area contributed by atoms with Crippen LogP contribution >= 0.6 is 0 Å². The summed E-state index contributed by atoms with van der Waals surface area (Å²) in [6.45, 7) is 2.64. The van der Waals surface area contributed by atoms with Gasteiger partial charge in [0, 0.05) is 23.7 Å². The molecule has 0 amide bonds. The maximum atomic E-state index is 10.6. The zero-order valence-corrected chi connectivity index (χ0v) is 8.34. The van der Waals surface area contributed by atoms with Gasteiger partial charge in [-0.3, -0.25) is 15.4 Å². The minimum Gasteiger partial charge on any atom is -0.357 e. The van der Waals surface area contributed by atoms with Crippen LogP contribution in [0.15, 0.2) is 24.3 Å². The molecule has 0 spiro atoms. The minimum absolute atomic E-state index is 0.0949. The van der Waals surface area contributed by atoms with Crippen LogP contribution in [0.25, 0.3) is 0 Å². The average Bonchev–Trinajstić information content (AvgIpc) is 2.65. The predicted octanol–water partition coefficient (Wildman–Crippen LogP) is 1.60. The number of hydrogen-bond donors (Lipinski definition) is 1. The number of rotatable bonds is 2. The van der Waals surface area contributed by atoms with Crippen LogP contribution in [0.5, 0.6) is 0 Å². The lowest BCUT2D eigenvalue weighted by atomic mass is 10.2. The highest BCUT2D eigenvalue weighted by Gasteiger charge is 2.23. The first-order chi connectivity index (χ1) is 7.16. The molecule has 0 saturated carbocycles. The van der Waals surface area contributed by atoms with Crippen LogP contribution in [-0.2, 0) is 4.74 Å². The molecule has 15 heavy (non-hydrogen) atoms. The fourth-order valence-electron chi connectivity index (χ4n) is 1.59. The van der Waals surface area contributed by atoms with Crippen molar-refractivity contribution in [2.24, 2.45) is 0 Å². The summed E-state index contributed by atoms with van der Waals surface area (Å²) in [5, 5.41) is 13.8. The summed E-state index contributed by atoms with van der Waals surface area (Å²) in [6.07, 6.45) is -0.222. The number of hydrogen-bond acceptors (Lipinski definition) is 4. The minimum atomic E-state index is -0.401. The van der Waals surface area contributed by atoms with Crippen molar-refractivity contribution in [3.05, 3.63) is 39.9 Å². The molecule has 5 heteroatoms. The number of nitrogens with zero attached hydrogens (tertiary/aromatic N) is 1. The lowest BCUT2D eigenvalue weighted by Gasteiger charge is -2.10. The molecule has 1 N–H and O–H groups in total. The number of benzene rings is 1. The van der Waals surface area contributed by atoms with Gasteiger partial charge < -0.3 is 4.74 Å². The monoisotopic (exact) mass is 208 g/mol. The second-order valence-corrected chi connectivity index (χ2v) is 3.63. The van der Waals surface area contributed by atoms with E-state index in [0.717, 1.165) is 5.56 Å². The Morgan fingerprint density at radius 3 is 3.00 bits per heavy atom. The van der Waals surface area contributed by atoms with Gasteiger partial charge >= 0.3 is 0 Å². The van der Waals surface area contributed by atoms with Crippen LogP contribution < -0.4 is 5.32 Å². The Hall–Kier alpha value is -1.46. The van der Waals surface area contributed by atoms with E-state index in [1.54, 1.807) is 6.07 Å². The van der Waals surface area contributed by atoms with Gasteiger partial charge in [0.15, 0.2) is 0 Å². The van der Waals surface area contributed by atoms with Gasteiger partial charge in [-0.15, -0.1) is 0 Å². The molecule has 5 nitrogen and oxygen atoms in total. The smallest absolute Gasteiger partial charge is 0.269 e. The molecule has 0 radical (unpaired) electrons. The van der Waals surface area contributed by atoms with Gasteiger partial charge in [-0.25, -0.2) is 0 Å². The fourth-order valence-corrected chi connectivity index (χ4v) is 1.59. The first-order valence-corrected chi connectivity index (χ1v) is 4.79. The van der Waals surface area contributed by atoms with Crippen LogP contribution in [0.1, 0.15) is 18.7 Å². The topological polar surface area (TPSA) is 64.4 Å². The Kier molecular flexibility index (Phi) is 2.66. The molecule has 2 atom stereocenters. The van der Waals surface area contributed by atoms with E-state index in [4.69, 9.17) is 4.74 Å². The van der Waals surface area contributed by atoms with Gasteiger partial charge in [-0.05, 0) is 6.92 Å². The summed E-state index contributed by atoms with van der Waals surface area (Å²) >= 11 is 0. The first kappa shape index (κ1) is 10.1. The highest BCUT2D eigenvalue weighted by molar-refractivity contribution is 5.35. The van der Waals surface area contributed by atoms with Crippen LogP contribution in [-0.4, -0.2) is 17.6 Å². The van der Waals surface area contributed by atoms with Gasteiger partial charge in [-0.2, -0.15) is 0 Å². The maximum Gasteiger partial charge on any atom is 0.269 e. The standard InChI is InChI=1S/C10H12N2O3/c1-7-6-15-10(11-7)8-3-2-4-9(5-8)12(13)14/h2-5,7,10-11H,6H2,1H3. The fraction of sp³-hybridized carbons (Fsp3) is 0.400. The van der Waals surface area contributed by atoms with E-state index in [9.17, 15) is 10.1 Å². The van der Waals surface area contributed by atoms with Gasteiger partial charge in [0.25, 0.3) is 5.69 Å². The van der Waals surface area contributed by atoms with E-state index < -0.39 is 4.92 Å². The quantitative estimate of drug-likeness (QED) is 0.592. The highest BCUT2D eigenvalue weighted by Crippen LogP contribution is 2.23. The van der Waals surface area contributed by atoms with Crippen molar-refractivity contribution in [1.29, 1.82) is 0 Å². The normalized spacial score (nSPS) is 25.4. The molecule has 80 valence electrons. The molecule has 1 aromatic carbocycles. The Bertz CT molecular complexity index is 381. The van der Waals surface area contributed by atoms with Crippen LogP contribution in [0.4, 0.5) is 5.69 Å². The Balaban J connectivity index is 2.21. The SMILES string of the molecule is CC1COC(c2cccc([N+](=O)[O-])c2)N1. The average molecular weight is 208 g/mol.